The van der Waals surface area contributed by atoms with Crippen molar-refractivity contribution in [1.29, 1.82) is 0 Å². The van der Waals surface area contributed by atoms with Gasteiger partial charge in [0.2, 0.25) is 0 Å². The zero-order chi connectivity index (χ0) is 9.47. The zero-order valence-corrected chi connectivity index (χ0v) is 7.08. The Labute approximate surface area is 73.2 Å². The molecule has 2 rings (SSSR count). The molecule has 0 fully saturated rings. The van der Waals surface area contributed by atoms with Crippen LogP contribution >= 0.6 is 0 Å². The van der Waals surface area contributed by atoms with Crippen LogP contribution in [0.3, 0.4) is 0 Å². The van der Waals surface area contributed by atoms with Crippen LogP contribution in [-0.4, -0.2) is 13.4 Å². The van der Waals surface area contributed by atoms with E-state index in [1.807, 2.05) is 0 Å². The van der Waals surface area contributed by atoms with Crippen molar-refractivity contribution in [3.05, 3.63) is 24.6 Å². The van der Waals surface area contributed by atoms with Crippen LogP contribution in [0.1, 0.15) is 0 Å². The number of rotatable bonds is 1. The summed E-state index contributed by atoms with van der Waals surface area (Å²) >= 11 is 0. The van der Waals surface area contributed by atoms with Crippen molar-refractivity contribution in [2.45, 2.75) is 4.90 Å². The van der Waals surface area contributed by atoms with E-state index in [9.17, 15) is 12.3 Å². The number of hydrogen-bond donors (Lipinski definition) is 0. The Morgan fingerprint density at radius 2 is 2.15 bits per heavy atom. The number of halogens is 1. The van der Waals surface area contributed by atoms with E-state index in [0.29, 0.717) is 5.52 Å². The van der Waals surface area contributed by atoms with Crippen LogP contribution in [0.25, 0.3) is 11.1 Å². The molecule has 2 aromatic rings. The van der Waals surface area contributed by atoms with Gasteiger partial charge < -0.3 is 4.42 Å². The molecule has 0 N–H and O–H groups in total. The minimum Gasteiger partial charge on any atom is -0.443 e. The highest BCUT2D eigenvalue weighted by Crippen LogP contribution is 2.18. The van der Waals surface area contributed by atoms with Crippen LogP contribution in [0.2, 0.25) is 0 Å². The molecule has 0 aliphatic carbocycles. The quantitative estimate of drug-likeness (QED) is 0.656. The molecule has 68 valence electrons. The summed E-state index contributed by atoms with van der Waals surface area (Å²) in [6, 6.07) is 3.61. The molecule has 0 atom stereocenters. The van der Waals surface area contributed by atoms with Gasteiger partial charge in [0, 0.05) is 6.07 Å². The molecule has 6 heteroatoms. The molecule has 0 saturated carbocycles. The average molecular weight is 201 g/mol. The number of oxazole rings is 1. The summed E-state index contributed by atoms with van der Waals surface area (Å²) in [7, 11) is -4.66. The van der Waals surface area contributed by atoms with Gasteiger partial charge in [0.25, 0.3) is 0 Å². The topological polar surface area (TPSA) is 60.2 Å². The molecule has 0 unspecified atom stereocenters. The van der Waals surface area contributed by atoms with E-state index in [1.54, 1.807) is 0 Å². The van der Waals surface area contributed by atoms with Crippen molar-refractivity contribution in [3.8, 4) is 0 Å². The van der Waals surface area contributed by atoms with Gasteiger partial charge in [-0.3, -0.25) is 0 Å². The first-order valence-corrected chi connectivity index (χ1v) is 4.73. The van der Waals surface area contributed by atoms with E-state index < -0.39 is 15.1 Å². The van der Waals surface area contributed by atoms with Crippen LogP contribution < -0.4 is 0 Å². The van der Waals surface area contributed by atoms with E-state index in [0.717, 1.165) is 12.1 Å². The normalized spacial score (nSPS) is 12.1. The fourth-order valence-electron chi connectivity index (χ4n) is 0.987. The fourth-order valence-corrected chi connectivity index (χ4v) is 1.47. The molecule has 0 aliphatic heterocycles. The third-order valence-corrected chi connectivity index (χ3v) is 2.40. The van der Waals surface area contributed by atoms with Gasteiger partial charge in [-0.05, 0) is 12.1 Å². The number of nitrogens with zero attached hydrogens (tertiary/aromatic N) is 1. The van der Waals surface area contributed by atoms with Gasteiger partial charge in [-0.15, -0.1) is 3.89 Å². The molecule has 0 saturated heterocycles. The Morgan fingerprint density at radius 1 is 1.38 bits per heavy atom. The second-order valence-corrected chi connectivity index (χ2v) is 3.77. The van der Waals surface area contributed by atoms with E-state index in [-0.39, 0.29) is 5.58 Å². The second kappa shape index (κ2) is 2.53. The Bertz CT molecular complexity index is 546. The Hall–Kier alpha value is -1.43. The van der Waals surface area contributed by atoms with E-state index in [2.05, 4.69) is 4.98 Å². The highest BCUT2D eigenvalue weighted by atomic mass is 32.3. The molecule has 0 aliphatic rings. The smallest absolute Gasteiger partial charge is 0.332 e. The van der Waals surface area contributed by atoms with Crippen molar-refractivity contribution in [2.24, 2.45) is 0 Å². The van der Waals surface area contributed by atoms with Gasteiger partial charge in [-0.2, -0.15) is 8.42 Å². The van der Waals surface area contributed by atoms with E-state index in [1.165, 1.54) is 12.5 Å². The zero-order valence-electron chi connectivity index (χ0n) is 6.27. The molecule has 1 aromatic carbocycles. The van der Waals surface area contributed by atoms with Crippen LogP contribution in [0.4, 0.5) is 3.89 Å². The highest BCUT2D eigenvalue weighted by molar-refractivity contribution is 7.86. The van der Waals surface area contributed by atoms with E-state index >= 15 is 0 Å². The number of benzene rings is 1. The standard InChI is InChI=1S/C7H4FNO3S/c8-13(10,11)5-1-2-6-7(3-5)12-4-9-6/h1-4H. The highest BCUT2D eigenvalue weighted by Gasteiger charge is 2.13. The summed E-state index contributed by atoms with van der Waals surface area (Å²) in [6.07, 6.45) is 1.17. The Kier molecular flexibility index (Phi) is 1.59. The predicted octanol–water partition coefficient (Wildman–Crippen LogP) is 1.49. The SMILES string of the molecule is O=S(=O)(F)c1ccc2ncoc2c1. The van der Waals surface area contributed by atoms with Crippen molar-refractivity contribution in [1.82, 2.24) is 4.98 Å². The van der Waals surface area contributed by atoms with Gasteiger partial charge in [0.05, 0.1) is 0 Å². The second-order valence-electron chi connectivity index (χ2n) is 2.42. The lowest BCUT2D eigenvalue weighted by Crippen LogP contribution is -1.90. The molecule has 13 heavy (non-hydrogen) atoms. The first-order valence-electron chi connectivity index (χ1n) is 3.35. The number of fused-ring (bicyclic) bond motifs is 1. The lowest BCUT2D eigenvalue weighted by Gasteiger charge is -1.92. The van der Waals surface area contributed by atoms with Crippen molar-refractivity contribution in [2.75, 3.05) is 0 Å². The Morgan fingerprint density at radius 3 is 2.85 bits per heavy atom. The fraction of sp³-hybridized carbons (Fsp3) is 0. The number of hydrogen-bond acceptors (Lipinski definition) is 4. The molecule has 0 amide bonds. The van der Waals surface area contributed by atoms with Gasteiger partial charge in [0.1, 0.15) is 10.4 Å². The molecular weight excluding hydrogens is 197 g/mol. The Balaban J connectivity index is 2.75. The molecule has 1 aromatic heterocycles. The monoisotopic (exact) mass is 201 g/mol. The summed E-state index contributed by atoms with van der Waals surface area (Å²) in [5.74, 6) is 0. The lowest BCUT2D eigenvalue weighted by atomic mass is 10.3. The van der Waals surface area contributed by atoms with E-state index in [4.69, 9.17) is 4.42 Å². The largest absolute Gasteiger partial charge is 0.443 e. The van der Waals surface area contributed by atoms with Crippen molar-refractivity contribution in [3.63, 3.8) is 0 Å². The van der Waals surface area contributed by atoms with Crippen LogP contribution in [0, 0.1) is 0 Å². The molecule has 1 heterocycles. The van der Waals surface area contributed by atoms with Crippen LogP contribution in [0.15, 0.2) is 33.9 Å². The lowest BCUT2D eigenvalue weighted by molar-refractivity contribution is 0.551. The molecule has 0 radical (unpaired) electrons. The minimum atomic E-state index is -4.66. The maximum absolute atomic E-state index is 12.5. The number of aromatic nitrogens is 1. The maximum atomic E-state index is 12.5. The summed E-state index contributed by atoms with van der Waals surface area (Å²) in [5.41, 5.74) is 0.742. The average Bonchev–Trinajstić information content (AvgIpc) is 2.47. The van der Waals surface area contributed by atoms with Gasteiger partial charge in [-0.25, -0.2) is 4.98 Å². The van der Waals surface area contributed by atoms with Crippen molar-refractivity contribution >= 4 is 21.3 Å². The van der Waals surface area contributed by atoms with Crippen molar-refractivity contribution < 1.29 is 16.7 Å². The third-order valence-electron chi connectivity index (χ3n) is 1.58. The minimum absolute atomic E-state index is 0.249. The van der Waals surface area contributed by atoms with Crippen LogP contribution in [-0.2, 0) is 10.2 Å². The first kappa shape index (κ1) is 8.18. The molecular formula is C7H4FNO3S. The van der Waals surface area contributed by atoms with Gasteiger partial charge >= 0.3 is 10.2 Å². The van der Waals surface area contributed by atoms with Gasteiger partial charge in [0.15, 0.2) is 12.0 Å². The maximum Gasteiger partial charge on any atom is 0.332 e. The van der Waals surface area contributed by atoms with Crippen LogP contribution in [0.5, 0.6) is 0 Å². The molecule has 0 spiro atoms. The molecule has 0 bridgehead atoms. The summed E-state index contributed by atoms with van der Waals surface area (Å²) in [4.78, 5) is 3.34. The summed E-state index contributed by atoms with van der Waals surface area (Å²) in [5, 5.41) is 0. The third kappa shape index (κ3) is 1.40. The predicted molar refractivity (Wildman–Crippen MR) is 42.3 cm³/mol. The summed E-state index contributed by atoms with van der Waals surface area (Å²) < 4.78 is 38.2. The van der Waals surface area contributed by atoms with Gasteiger partial charge in [-0.1, -0.05) is 0 Å². The summed E-state index contributed by atoms with van der Waals surface area (Å²) in [6.45, 7) is 0. The first-order chi connectivity index (χ1) is 6.07. The molecule has 4 nitrogen and oxygen atoms in total.